The summed E-state index contributed by atoms with van der Waals surface area (Å²) in [5.41, 5.74) is 7.01. The number of hydrogen-bond acceptors (Lipinski definition) is 4. The van der Waals surface area contributed by atoms with E-state index in [9.17, 15) is 9.59 Å². The molecule has 0 heterocycles. The number of hydrogen-bond donors (Lipinski definition) is 4. The molecular weight excluding hydrogens is 352 g/mol. The molecule has 0 fully saturated rings. The quantitative estimate of drug-likeness (QED) is 0.374. The number of carbonyl (C=O) groups is 2. The molecule has 26 heavy (non-hydrogen) atoms. The van der Waals surface area contributed by atoms with Crippen molar-refractivity contribution < 1.29 is 14.3 Å². The Balaban J connectivity index is 1.77. The van der Waals surface area contributed by atoms with Gasteiger partial charge in [0, 0.05) is 11.4 Å². The number of ether oxygens (including phenoxy) is 1. The van der Waals surface area contributed by atoms with Gasteiger partial charge in [0.15, 0.2) is 5.11 Å². The Morgan fingerprint density at radius 2 is 1.46 bits per heavy atom. The van der Waals surface area contributed by atoms with Gasteiger partial charge in [-0.3, -0.25) is 20.4 Å². The second-order valence-corrected chi connectivity index (χ2v) is 5.72. The van der Waals surface area contributed by atoms with Crippen LogP contribution in [0.15, 0.2) is 48.5 Å². The molecule has 0 spiro atoms. The van der Waals surface area contributed by atoms with Crippen LogP contribution in [0.3, 0.4) is 0 Å². The third kappa shape index (κ3) is 6.06. The molecule has 2 aromatic carbocycles. The highest BCUT2D eigenvalue weighted by molar-refractivity contribution is 7.80. The predicted molar refractivity (Wildman–Crippen MR) is 105 cm³/mol. The van der Waals surface area contributed by atoms with Crippen LogP contribution in [-0.2, 0) is 9.59 Å². The number of benzene rings is 2. The lowest BCUT2D eigenvalue weighted by Gasteiger charge is -2.12. The molecule has 0 radical (unpaired) electrons. The standard InChI is InChI=1S/C18H20N4O3S/c1-3-25-15-10-8-14(9-11-15)20-18(26)22-21-17(24)16(23)19-13-6-4-12(2)5-7-13/h4-11H,3H2,1-2H3,(H,19,23)(H,21,24)(H2,20,22,26). The van der Waals surface area contributed by atoms with Crippen LogP contribution in [-0.4, -0.2) is 23.5 Å². The van der Waals surface area contributed by atoms with Crippen molar-refractivity contribution in [3.05, 3.63) is 54.1 Å². The van der Waals surface area contributed by atoms with E-state index in [1.54, 1.807) is 36.4 Å². The number of thiocarbonyl (C=S) groups is 1. The van der Waals surface area contributed by atoms with Gasteiger partial charge in [-0.25, -0.2) is 0 Å². The van der Waals surface area contributed by atoms with E-state index in [0.29, 0.717) is 18.0 Å². The molecule has 2 aromatic rings. The van der Waals surface area contributed by atoms with Crippen LogP contribution in [0.25, 0.3) is 0 Å². The fourth-order valence-corrected chi connectivity index (χ4v) is 2.13. The number of amides is 2. The van der Waals surface area contributed by atoms with Gasteiger partial charge in [0.05, 0.1) is 6.61 Å². The summed E-state index contributed by atoms with van der Waals surface area (Å²) in [5, 5.41) is 5.52. The molecule has 0 saturated heterocycles. The molecule has 0 aliphatic rings. The Hall–Kier alpha value is -3.13. The second kappa shape index (κ2) is 9.38. The van der Waals surface area contributed by atoms with Gasteiger partial charge in [-0.1, -0.05) is 17.7 Å². The zero-order valence-electron chi connectivity index (χ0n) is 14.5. The highest BCUT2D eigenvalue weighted by Gasteiger charge is 2.13. The van der Waals surface area contributed by atoms with Gasteiger partial charge in [0.25, 0.3) is 0 Å². The van der Waals surface area contributed by atoms with Crippen molar-refractivity contribution in [1.82, 2.24) is 10.9 Å². The monoisotopic (exact) mass is 372 g/mol. The number of aryl methyl sites for hydroxylation is 1. The molecule has 2 amide bonds. The van der Waals surface area contributed by atoms with Crippen molar-refractivity contribution in [3.8, 4) is 5.75 Å². The van der Waals surface area contributed by atoms with Crippen LogP contribution in [0.2, 0.25) is 0 Å². The molecule has 0 aromatic heterocycles. The Morgan fingerprint density at radius 1 is 0.885 bits per heavy atom. The molecule has 0 unspecified atom stereocenters. The van der Waals surface area contributed by atoms with Gasteiger partial charge >= 0.3 is 11.8 Å². The maximum Gasteiger partial charge on any atom is 0.328 e. The van der Waals surface area contributed by atoms with Crippen LogP contribution in [0.1, 0.15) is 12.5 Å². The van der Waals surface area contributed by atoms with E-state index in [1.807, 2.05) is 26.0 Å². The zero-order valence-corrected chi connectivity index (χ0v) is 15.3. The van der Waals surface area contributed by atoms with Gasteiger partial charge in [-0.05, 0) is 62.5 Å². The molecule has 136 valence electrons. The summed E-state index contributed by atoms with van der Waals surface area (Å²) >= 11 is 5.07. The van der Waals surface area contributed by atoms with Crippen LogP contribution in [0, 0.1) is 6.92 Å². The van der Waals surface area contributed by atoms with Crippen molar-refractivity contribution >= 4 is 40.5 Å². The highest BCUT2D eigenvalue weighted by Crippen LogP contribution is 2.15. The average molecular weight is 372 g/mol. The lowest BCUT2D eigenvalue weighted by Crippen LogP contribution is -2.48. The minimum atomic E-state index is -0.860. The Morgan fingerprint density at radius 3 is 2.08 bits per heavy atom. The average Bonchev–Trinajstić information content (AvgIpc) is 2.63. The van der Waals surface area contributed by atoms with Crippen molar-refractivity contribution in [2.45, 2.75) is 13.8 Å². The highest BCUT2D eigenvalue weighted by atomic mass is 32.1. The maximum atomic E-state index is 11.8. The third-order valence-electron chi connectivity index (χ3n) is 3.23. The molecule has 7 nitrogen and oxygen atoms in total. The van der Waals surface area contributed by atoms with Crippen LogP contribution < -0.4 is 26.2 Å². The summed E-state index contributed by atoms with van der Waals surface area (Å²) in [6.45, 7) is 4.42. The summed E-state index contributed by atoms with van der Waals surface area (Å²) < 4.78 is 5.35. The molecule has 0 atom stereocenters. The predicted octanol–water partition coefficient (Wildman–Crippen LogP) is 2.35. The number of hydrazine groups is 1. The summed E-state index contributed by atoms with van der Waals surface area (Å²) in [4.78, 5) is 23.6. The van der Waals surface area contributed by atoms with Gasteiger partial charge in [-0.2, -0.15) is 0 Å². The first-order valence-corrected chi connectivity index (χ1v) is 8.36. The Labute approximate surface area is 157 Å². The van der Waals surface area contributed by atoms with Crippen molar-refractivity contribution in [2.75, 3.05) is 17.2 Å². The van der Waals surface area contributed by atoms with E-state index in [4.69, 9.17) is 17.0 Å². The summed E-state index contributed by atoms with van der Waals surface area (Å²) in [6, 6.07) is 14.3. The van der Waals surface area contributed by atoms with E-state index >= 15 is 0 Å². The molecule has 8 heteroatoms. The Bertz CT molecular complexity index is 776. The van der Waals surface area contributed by atoms with E-state index in [2.05, 4.69) is 21.5 Å². The summed E-state index contributed by atoms with van der Waals surface area (Å²) in [5.74, 6) is -0.912. The molecule has 0 aliphatic carbocycles. The Kier molecular flexibility index (Phi) is 6.92. The van der Waals surface area contributed by atoms with Gasteiger partial charge in [-0.15, -0.1) is 0 Å². The maximum absolute atomic E-state index is 11.8. The lowest BCUT2D eigenvalue weighted by atomic mass is 10.2. The van der Waals surface area contributed by atoms with Crippen molar-refractivity contribution in [2.24, 2.45) is 0 Å². The minimum Gasteiger partial charge on any atom is -0.494 e. The second-order valence-electron chi connectivity index (χ2n) is 5.31. The third-order valence-corrected chi connectivity index (χ3v) is 3.43. The smallest absolute Gasteiger partial charge is 0.328 e. The van der Waals surface area contributed by atoms with Crippen molar-refractivity contribution in [1.29, 1.82) is 0 Å². The summed E-state index contributed by atoms with van der Waals surface area (Å²) in [6.07, 6.45) is 0. The number of anilines is 2. The first-order chi connectivity index (χ1) is 12.5. The topological polar surface area (TPSA) is 91.5 Å². The van der Waals surface area contributed by atoms with Gasteiger partial charge < -0.3 is 15.4 Å². The van der Waals surface area contributed by atoms with E-state index in [1.165, 1.54) is 0 Å². The van der Waals surface area contributed by atoms with Gasteiger partial charge in [0.2, 0.25) is 0 Å². The van der Waals surface area contributed by atoms with E-state index < -0.39 is 11.8 Å². The van der Waals surface area contributed by atoms with Crippen molar-refractivity contribution in [3.63, 3.8) is 0 Å². The van der Waals surface area contributed by atoms with Gasteiger partial charge in [0.1, 0.15) is 5.75 Å². The molecule has 0 bridgehead atoms. The van der Waals surface area contributed by atoms with E-state index in [-0.39, 0.29) is 5.11 Å². The fraction of sp³-hybridized carbons (Fsp3) is 0.167. The number of rotatable bonds is 4. The first kappa shape index (κ1) is 19.2. The lowest BCUT2D eigenvalue weighted by molar-refractivity contribution is -0.136. The largest absolute Gasteiger partial charge is 0.494 e. The molecule has 0 saturated carbocycles. The molecular formula is C18H20N4O3S. The number of carbonyl (C=O) groups excluding carboxylic acids is 2. The molecule has 4 N–H and O–H groups in total. The van der Waals surface area contributed by atoms with Crippen LogP contribution >= 0.6 is 12.2 Å². The van der Waals surface area contributed by atoms with E-state index in [0.717, 1.165) is 11.3 Å². The van der Waals surface area contributed by atoms with Crippen LogP contribution in [0.5, 0.6) is 5.75 Å². The van der Waals surface area contributed by atoms with Crippen LogP contribution in [0.4, 0.5) is 11.4 Å². The summed E-state index contributed by atoms with van der Waals surface area (Å²) in [7, 11) is 0. The zero-order chi connectivity index (χ0) is 18.9. The molecule has 0 aliphatic heterocycles. The molecule has 2 rings (SSSR count). The fourth-order valence-electron chi connectivity index (χ4n) is 1.96. The SMILES string of the molecule is CCOc1ccc(NC(=S)NNC(=O)C(=O)Nc2ccc(C)cc2)cc1. The number of nitrogens with one attached hydrogen (secondary N) is 4. The first-order valence-electron chi connectivity index (χ1n) is 7.96. The minimum absolute atomic E-state index is 0.144. The normalized spacial score (nSPS) is 9.77.